The molecule has 5 rings (SSSR count). The average Bonchev–Trinajstić information content (AvgIpc) is 3.62. The van der Waals surface area contributed by atoms with Crippen molar-refractivity contribution >= 4 is 17.6 Å². The van der Waals surface area contributed by atoms with Crippen LogP contribution in [0.2, 0.25) is 0 Å². The van der Waals surface area contributed by atoms with Crippen LogP contribution in [0.25, 0.3) is 0 Å². The van der Waals surface area contributed by atoms with Gasteiger partial charge in [0.1, 0.15) is 12.2 Å². The number of fused-ring (bicyclic) bond motifs is 4. The van der Waals surface area contributed by atoms with Crippen molar-refractivity contribution in [2.45, 2.75) is 50.7 Å². The van der Waals surface area contributed by atoms with Crippen LogP contribution in [0, 0.1) is 0 Å². The molecule has 2 heterocycles. The van der Waals surface area contributed by atoms with E-state index >= 15 is 0 Å². The summed E-state index contributed by atoms with van der Waals surface area (Å²) >= 11 is 0. The molecule has 2 aromatic carbocycles. The Hall–Kier alpha value is -4.13. The molecule has 218 valence electrons. The maximum Gasteiger partial charge on any atom is 0.290 e. The van der Waals surface area contributed by atoms with Crippen LogP contribution < -0.4 is 24.3 Å². The summed E-state index contributed by atoms with van der Waals surface area (Å²) in [5.41, 5.74) is 1.84. The third-order valence-corrected chi connectivity index (χ3v) is 7.47. The van der Waals surface area contributed by atoms with Gasteiger partial charge in [-0.05, 0) is 41.5 Å². The minimum atomic E-state index is -1.35. The van der Waals surface area contributed by atoms with E-state index in [1.54, 1.807) is 37.3 Å². The molecule has 3 aliphatic rings. The third-order valence-electron chi connectivity index (χ3n) is 7.47. The van der Waals surface area contributed by atoms with Crippen molar-refractivity contribution in [1.29, 1.82) is 0 Å². The Morgan fingerprint density at radius 3 is 2.59 bits per heavy atom. The number of benzene rings is 2. The standard InChI is InChI=1S/C29H32N2O10/c1-3-20(34)29(37)31(12-15-4-5-21-22(9-15)40-14-39-21)19-11-18(28(36)30-6-7-32)24-17-8-16(13-33)10-23(38-2)26(17)41-27(24)25(19)35/h4-5,8-11,19,24-25,27,32-33,35H,3,6-7,12-14H2,1-2H3,(H,30,36). The van der Waals surface area contributed by atoms with Crippen molar-refractivity contribution in [3.63, 3.8) is 0 Å². The number of Topliss-reactive ketones (excluding diaryl/α,β-unsaturated/α-hetero) is 1. The molecule has 0 aromatic heterocycles. The van der Waals surface area contributed by atoms with Gasteiger partial charge in [0.05, 0.1) is 32.3 Å². The van der Waals surface area contributed by atoms with Crippen LogP contribution in [0.3, 0.4) is 0 Å². The molecule has 0 bridgehead atoms. The fraction of sp³-hybridized carbons (Fsp3) is 0.414. The highest BCUT2D eigenvalue weighted by Gasteiger charge is 2.51. The number of nitrogens with one attached hydrogen (secondary N) is 1. The summed E-state index contributed by atoms with van der Waals surface area (Å²) in [6.07, 6.45) is -0.960. The highest BCUT2D eigenvalue weighted by molar-refractivity contribution is 6.36. The summed E-state index contributed by atoms with van der Waals surface area (Å²) in [6, 6.07) is 7.27. The zero-order chi connectivity index (χ0) is 29.3. The Morgan fingerprint density at radius 2 is 1.88 bits per heavy atom. The molecular formula is C29H32N2O10. The number of methoxy groups -OCH3 is 1. The van der Waals surface area contributed by atoms with Crippen LogP contribution >= 0.6 is 0 Å². The SMILES string of the molecule is CCC(=O)C(=O)N(Cc1ccc2c(c1)OCO2)C1C=C(C(=O)NCCO)C2c3cc(CO)cc(OC)c3OC2C1O. The lowest BCUT2D eigenvalue weighted by Gasteiger charge is -2.40. The van der Waals surface area contributed by atoms with Crippen LogP contribution in [0.1, 0.15) is 36.0 Å². The zero-order valence-corrected chi connectivity index (χ0v) is 22.7. The van der Waals surface area contributed by atoms with E-state index in [0.717, 1.165) is 0 Å². The molecule has 41 heavy (non-hydrogen) atoms. The number of carbonyl (C=O) groups excluding carboxylic acids is 3. The molecule has 0 fully saturated rings. The van der Waals surface area contributed by atoms with Gasteiger partial charge < -0.3 is 44.5 Å². The smallest absolute Gasteiger partial charge is 0.290 e. The summed E-state index contributed by atoms with van der Waals surface area (Å²) in [4.78, 5) is 40.8. The number of amides is 2. The molecule has 2 aromatic rings. The van der Waals surface area contributed by atoms with E-state index in [4.69, 9.17) is 18.9 Å². The summed E-state index contributed by atoms with van der Waals surface area (Å²) in [5.74, 6) is -1.14. The number of aliphatic hydroxyl groups is 3. The first-order valence-corrected chi connectivity index (χ1v) is 13.3. The highest BCUT2D eigenvalue weighted by Crippen LogP contribution is 2.51. The lowest BCUT2D eigenvalue weighted by molar-refractivity contribution is -0.148. The van der Waals surface area contributed by atoms with Gasteiger partial charge in [0, 0.05) is 30.6 Å². The lowest BCUT2D eigenvalue weighted by Crippen LogP contribution is -2.56. The topological polar surface area (TPSA) is 164 Å². The molecule has 1 aliphatic carbocycles. The second-order valence-electron chi connectivity index (χ2n) is 9.91. The van der Waals surface area contributed by atoms with Crippen molar-refractivity contribution in [3.05, 3.63) is 58.7 Å². The number of nitrogens with zero attached hydrogens (tertiary/aromatic N) is 1. The summed E-state index contributed by atoms with van der Waals surface area (Å²) in [7, 11) is 1.44. The molecule has 0 spiro atoms. The van der Waals surface area contributed by atoms with Gasteiger partial charge in [0.15, 0.2) is 23.0 Å². The molecule has 2 amide bonds. The Labute approximate surface area is 236 Å². The first-order chi connectivity index (χ1) is 19.8. The number of hydrogen-bond acceptors (Lipinski definition) is 10. The highest BCUT2D eigenvalue weighted by atomic mass is 16.7. The summed E-state index contributed by atoms with van der Waals surface area (Å²) in [6.45, 7) is 0.940. The predicted octanol–water partition coefficient (Wildman–Crippen LogP) is 0.547. The number of carbonyl (C=O) groups is 3. The van der Waals surface area contributed by atoms with Crippen LogP contribution in [0.5, 0.6) is 23.0 Å². The fourth-order valence-electron chi connectivity index (χ4n) is 5.48. The number of hydrogen-bond donors (Lipinski definition) is 4. The maximum absolute atomic E-state index is 13.5. The number of ketones is 1. The molecule has 2 aliphatic heterocycles. The van der Waals surface area contributed by atoms with E-state index in [-0.39, 0.29) is 45.1 Å². The van der Waals surface area contributed by atoms with Gasteiger partial charge in [0.25, 0.3) is 5.91 Å². The van der Waals surface area contributed by atoms with E-state index in [2.05, 4.69) is 5.32 Å². The number of ether oxygens (including phenoxy) is 4. The zero-order valence-electron chi connectivity index (χ0n) is 22.7. The van der Waals surface area contributed by atoms with Crippen LogP contribution in [-0.2, 0) is 27.5 Å². The van der Waals surface area contributed by atoms with E-state index in [1.807, 2.05) is 0 Å². The van der Waals surface area contributed by atoms with Gasteiger partial charge in [-0.25, -0.2) is 0 Å². The average molecular weight is 569 g/mol. The van der Waals surface area contributed by atoms with Crippen molar-refractivity contribution < 1.29 is 48.7 Å². The summed E-state index contributed by atoms with van der Waals surface area (Å²) < 4.78 is 22.5. The van der Waals surface area contributed by atoms with Gasteiger partial charge in [-0.15, -0.1) is 0 Å². The maximum atomic E-state index is 13.5. The fourth-order valence-corrected chi connectivity index (χ4v) is 5.48. The first-order valence-electron chi connectivity index (χ1n) is 13.3. The minimum Gasteiger partial charge on any atom is -0.493 e. The van der Waals surface area contributed by atoms with Gasteiger partial charge in [-0.1, -0.05) is 13.0 Å². The van der Waals surface area contributed by atoms with E-state index in [9.17, 15) is 29.7 Å². The Bertz CT molecular complexity index is 1390. The first kappa shape index (κ1) is 28.4. The molecule has 12 heteroatoms. The molecule has 0 radical (unpaired) electrons. The molecule has 4 atom stereocenters. The molecule has 4 N–H and O–H groups in total. The lowest BCUT2D eigenvalue weighted by atomic mass is 9.77. The summed E-state index contributed by atoms with van der Waals surface area (Å²) in [5, 5.41) is 33.5. The number of rotatable bonds is 10. The molecule has 0 saturated carbocycles. The molecular weight excluding hydrogens is 536 g/mol. The molecule has 12 nitrogen and oxygen atoms in total. The van der Waals surface area contributed by atoms with Crippen LogP contribution in [0.15, 0.2) is 42.0 Å². The molecule has 0 saturated heterocycles. The van der Waals surface area contributed by atoms with Crippen molar-refractivity contribution in [2.75, 3.05) is 27.1 Å². The van der Waals surface area contributed by atoms with Crippen LogP contribution in [-0.4, -0.2) is 83.1 Å². The van der Waals surface area contributed by atoms with Crippen LogP contribution in [0.4, 0.5) is 0 Å². The van der Waals surface area contributed by atoms with Gasteiger partial charge in [-0.2, -0.15) is 0 Å². The Balaban J connectivity index is 1.60. The predicted molar refractivity (Wildman–Crippen MR) is 142 cm³/mol. The Morgan fingerprint density at radius 1 is 1.10 bits per heavy atom. The second kappa shape index (κ2) is 11.8. The monoisotopic (exact) mass is 568 g/mol. The number of aliphatic hydroxyl groups excluding tert-OH is 3. The quantitative estimate of drug-likeness (QED) is 0.298. The van der Waals surface area contributed by atoms with Crippen molar-refractivity contribution in [3.8, 4) is 23.0 Å². The minimum absolute atomic E-state index is 0.0251. The van der Waals surface area contributed by atoms with E-state index < -0.39 is 41.8 Å². The second-order valence-corrected chi connectivity index (χ2v) is 9.91. The van der Waals surface area contributed by atoms with E-state index in [0.29, 0.717) is 39.7 Å². The largest absolute Gasteiger partial charge is 0.493 e. The van der Waals surface area contributed by atoms with Gasteiger partial charge >= 0.3 is 0 Å². The van der Waals surface area contributed by atoms with E-state index in [1.165, 1.54) is 18.1 Å². The normalized spacial score (nSPS) is 21.7. The van der Waals surface area contributed by atoms with Gasteiger partial charge in [-0.3, -0.25) is 14.4 Å². The van der Waals surface area contributed by atoms with Crippen molar-refractivity contribution in [2.24, 2.45) is 0 Å². The van der Waals surface area contributed by atoms with Crippen molar-refractivity contribution in [1.82, 2.24) is 10.2 Å². The Kier molecular flexibility index (Phi) is 8.15. The molecule has 4 unspecified atom stereocenters. The van der Waals surface area contributed by atoms with Gasteiger partial charge in [0.2, 0.25) is 18.5 Å². The third kappa shape index (κ3) is 5.21.